The van der Waals surface area contributed by atoms with E-state index in [1.165, 1.54) is 0 Å². The lowest BCUT2D eigenvalue weighted by atomic mass is 9.85. The van der Waals surface area contributed by atoms with Crippen molar-refractivity contribution in [2.45, 2.75) is 37.7 Å². The van der Waals surface area contributed by atoms with Crippen molar-refractivity contribution in [3.63, 3.8) is 0 Å². The Morgan fingerprint density at radius 1 is 0.818 bits per heavy atom. The van der Waals surface area contributed by atoms with Crippen molar-refractivity contribution in [1.82, 2.24) is 20.4 Å². The lowest BCUT2D eigenvalue weighted by Gasteiger charge is -2.36. The van der Waals surface area contributed by atoms with Crippen molar-refractivity contribution in [3.05, 3.63) is 71.9 Å². The normalized spacial score (nSPS) is 17.1. The zero-order valence-corrected chi connectivity index (χ0v) is 18.0. The molecule has 1 fully saturated rings. The van der Waals surface area contributed by atoms with Crippen LogP contribution in [0.25, 0.3) is 33.8 Å². The molecule has 3 aliphatic rings. The molecule has 1 saturated carbocycles. The minimum absolute atomic E-state index is 0.346. The van der Waals surface area contributed by atoms with Gasteiger partial charge in [-0.1, -0.05) is 24.3 Å². The summed E-state index contributed by atoms with van der Waals surface area (Å²) >= 11 is 0. The van der Waals surface area contributed by atoms with Crippen LogP contribution in [0.1, 0.15) is 36.8 Å². The van der Waals surface area contributed by atoms with Gasteiger partial charge in [0.25, 0.3) is 0 Å². The number of rotatable bonds is 1. The number of para-hydroxylation sites is 2. The predicted molar refractivity (Wildman–Crippen MR) is 123 cm³/mol. The highest BCUT2D eigenvalue weighted by atomic mass is 16.5. The molecule has 0 amide bonds. The third kappa shape index (κ3) is 2.80. The maximum Gasteiger partial charge on any atom is 0.136 e. The zero-order chi connectivity index (χ0) is 21.8. The van der Waals surface area contributed by atoms with Crippen molar-refractivity contribution < 1.29 is 9.47 Å². The average Bonchev–Trinajstić information content (AvgIpc) is 3.24. The first-order valence-corrected chi connectivity index (χ1v) is 11.5. The second-order valence-corrected chi connectivity index (χ2v) is 8.90. The molecular weight excluding hydrogens is 412 g/mol. The van der Waals surface area contributed by atoms with E-state index in [1.54, 1.807) is 0 Å². The van der Waals surface area contributed by atoms with E-state index in [0.29, 0.717) is 13.0 Å². The number of hydrogen-bond acceptors (Lipinski definition) is 6. The van der Waals surface area contributed by atoms with E-state index in [2.05, 4.69) is 33.6 Å². The van der Waals surface area contributed by atoms with E-state index in [4.69, 9.17) is 14.6 Å². The van der Waals surface area contributed by atoms with Gasteiger partial charge in [-0.05, 0) is 61.6 Å². The summed E-state index contributed by atoms with van der Waals surface area (Å²) in [7, 11) is 0. The quantitative estimate of drug-likeness (QED) is 0.413. The molecule has 7 rings (SSSR count). The van der Waals surface area contributed by atoms with Gasteiger partial charge >= 0.3 is 0 Å². The fraction of sp³-hybridized carbons (Fsp3) is 0.259. The molecule has 0 bridgehead atoms. The van der Waals surface area contributed by atoms with Crippen LogP contribution in [0.4, 0.5) is 0 Å². The summed E-state index contributed by atoms with van der Waals surface area (Å²) < 4.78 is 12.6. The van der Waals surface area contributed by atoms with Crippen LogP contribution in [0.5, 0.6) is 11.5 Å². The Morgan fingerprint density at radius 3 is 2.42 bits per heavy atom. The molecule has 2 aliphatic heterocycles. The van der Waals surface area contributed by atoms with Gasteiger partial charge in [0.05, 0.1) is 12.3 Å². The number of aromatic nitrogens is 4. The highest BCUT2D eigenvalue weighted by Gasteiger charge is 2.44. The predicted octanol–water partition coefficient (Wildman–Crippen LogP) is 5.16. The maximum absolute atomic E-state index is 6.65. The fourth-order valence-electron chi connectivity index (χ4n) is 5.49. The Balaban J connectivity index is 1.43. The van der Waals surface area contributed by atoms with Crippen LogP contribution in [0.2, 0.25) is 0 Å². The van der Waals surface area contributed by atoms with Crippen LogP contribution in [0, 0.1) is 6.20 Å². The lowest BCUT2D eigenvalue weighted by Crippen LogP contribution is -2.33. The second-order valence-electron chi connectivity index (χ2n) is 8.90. The van der Waals surface area contributed by atoms with Gasteiger partial charge in [0.1, 0.15) is 34.7 Å². The largest absolute Gasteiger partial charge is 0.493 e. The zero-order valence-electron chi connectivity index (χ0n) is 18.0. The third-order valence-electron chi connectivity index (χ3n) is 7.05. The van der Waals surface area contributed by atoms with Crippen LogP contribution in [-0.2, 0) is 12.0 Å². The lowest BCUT2D eigenvalue weighted by molar-refractivity contribution is 0.0705. The van der Waals surface area contributed by atoms with Gasteiger partial charge in [0, 0.05) is 28.7 Å². The molecule has 1 aliphatic carbocycles. The Labute approximate surface area is 191 Å². The van der Waals surface area contributed by atoms with Gasteiger partial charge in [-0.3, -0.25) is 0 Å². The summed E-state index contributed by atoms with van der Waals surface area (Å²) in [6.45, 7) is 0.565. The number of benzene rings is 2. The summed E-state index contributed by atoms with van der Waals surface area (Å²) in [5, 5.41) is 18.1. The maximum atomic E-state index is 6.65. The molecule has 33 heavy (non-hydrogen) atoms. The molecule has 161 valence electrons. The molecule has 1 radical (unpaired) electrons. The Bertz CT molecular complexity index is 1390. The standard InChI is InChI=1S/C27H21N4O2/c1-3-9-23-18(7-1)25-17(11-14-32-23)20(16-28-30-25)22-15-21-26(31-29-22)19-8-2-4-10-24(19)33-27(21)12-5-6-13-27/h1-4,7-10,15H,5-6,11-14H2. The van der Waals surface area contributed by atoms with E-state index >= 15 is 0 Å². The van der Waals surface area contributed by atoms with Crippen LogP contribution >= 0.6 is 0 Å². The molecule has 2 aromatic carbocycles. The molecule has 2 aromatic heterocycles. The average molecular weight is 433 g/mol. The number of hydrogen-bond donors (Lipinski definition) is 0. The second kappa shape index (κ2) is 7.10. The molecule has 0 saturated heterocycles. The minimum atomic E-state index is -0.346. The summed E-state index contributed by atoms with van der Waals surface area (Å²) in [6.07, 6.45) is 8.07. The van der Waals surface area contributed by atoms with Crippen LogP contribution in [-0.4, -0.2) is 27.0 Å². The first-order chi connectivity index (χ1) is 16.3. The topological polar surface area (TPSA) is 70.0 Å². The number of nitrogens with zero attached hydrogens (tertiary/aromatic N) is 4. The Morgan fingerprint density at radius 2 is 1.58 bits per heavy atom. The van der Waals surface area contributed by atoms with Crippen molar-refractivity contribution in [2.75, 3.05) is 6.61 Å². The van der Waals surface area contributed by atoms with Gasteiger partial charge in [0.15, 0.2) is 0 Å². The van der Waals surface area contributed by atoms with Gasteiger partial charge in [0.2, 0.25) is 0 Å². The SMILES string of the molecule is [c]1nnc2c(c1-c1cc3c(nn1)-c1ccccc1OC31CCCC1)CCOc1ccccc1-2. The van der Waals surface area contributed by atoms with Gasteiger partial charge < -0.3 is 9.47 Å². The molecule has 0 unspecified atom stereocenters. The van der Waals surface area contributed by atoms with Crippen molar-refractivity contribution in [1.29, 1.82) is 0 Å². The highest BCUT2D eigenvalue weighted by molar-refractivity contribution is 5.79. The molecule has 1 spiro atoms. The van der Waals surface area contributed by atoms with E-state index in [0.717, 1.165) is 82.1 Å². The van der Waals surface area contributed by atoms with Crippen molar-refractivity contribution in [2.24, 2.45) is 0 Å². The summed E-state index contributed by atoms with van der Waals surface area (Å²) in [5.74, 6) is 1.72. The van der Waals surface area contributed by atoms with E-state index in [-0.39, 0.29) is 5.60 Å². The van der Waals surface area contributed by atoms with Gasteiger partial charge in [-0.25, -0.2) is 0 Å². The first-order valence-electron chi connectivity index (χ1n) is 11.5. The minimum Gasteiger partial charge on any atom is -0.493 e. The van der Waals surface area contributed by atoms with Crippen LogP contribution < -0.4 is 9.47 Å². The van der Waals surface area contributed by atoms with E-state index in [1.807, 2.05) is 42.5 Å². The van der Waals surface area contributed by atoms with Crippen LogP contribution in [0.3, 0.4) is 0 Å². The molecule has 6 heteroatoms. The molecule has 4 aromatic rings. The van der Waals surface area contributed by atoms with Crippen LogP contribution in [0.15, 0.2) is 54.6 Å². The summed E-state index contributed by atoms with van der Waals surface area (Å²) in [6, 6.07) is 18.2. The monoisotopic (exact) mass is 433 g/mol. The van der Waals surface area contributed by atoms with E-state index in [9.17, 15) is 0 Å². The fourth-order valence-corrected chi connectivity index (χ4v) is 5.49. The number of fused-ring (bicyclic) bond motifs is 7. The first kappa shape index (κ1) is 18.7. The summed E-state index contributed by atoms with van der Waals surface area (Å²) in [5.41, 5.74) is 7.11. The van der Waals surface area contributed by atoms with E-state index < -0.39 is 0 Å². The summed E-state index contributed by atoms with van der Waals surface area (Å²) in [4.78, 5) is 0. The Kier molecular flexibility index (Phi) is 4.03. The molecule has 6 nitrogen and oxygen atoms in total. The smallest absolute Gasteiger partial charge is 0.136 e. The Hall–Kier alpha value is -3.80. The number of ether oxygens (including phenoxy) is 2. The van der Waals surface area contributed by atoms with Gasteiger partial charge in [-0.2, -0.15) is 0 Å². The third-order valence-corrected chi connectivity index (χ3v) is 7.05. The van der Waals surface area contributed by atoms with Crippen molar-refractivity contribution in [3.8, 4) is 45.3 Å². The molecule has 0 N–H and O–H groups in total. The highest BCUT2D eigenvalue weighted by Crippen LogP contribution is 2.52. The van der Waals surface area contributed by atoms with Gasteiger partial charge in [-0.15, -0.1) is 20.4 Å². The van der Waals surface area contributed by atoms with Crippen molar-refractivity contribution >= 4 is 0 Å². The molecular formula is C27H21N4O2. The molecule has 4 heterocycles. The molecule has 0 atom stereocenters.